The molecular weight excluding hydrogens is 446 g/mol. The maximum Gasteiger partial charge on any atom is 0.240 e. The molecule has 35 heavy (non-hydrogen) atoms. The van der Waals surface area contributed by atoms with Gasteiger partial charge in [-0.1, -0.05) is 29.4 Å². The molecule has 0 saturated carbocycles. The molecule has 5 aromatic rings. The molecule has 1 aromatic carbocycles. The summed E-state index contributed by atoms with van der Waals surface area (Å²) in [6.45, 7) is 6.77. The van der Waals surface area contributed by atoms with Crippen molar-refractivity contribution in [2.24, 2.45) is 0 Å². The minimum atomic E-state index is 0.298. The number of aryl methyl sites for hydroxylation is 1. The highest BCUT2D eigenvalue weighted by Crippen LogP contribution is 2.29. The van der Waals surface area contributed by atoms with E-state index in [2.05, 4.69) is 31.3 Å². The lowest BCUT2D eigenvalue weighted by Crippen LogP contribution is -2.37. The molecule has 0 radical (unpaired) electrons. The van der Waals surface area contributed by atoms with E-state index >= 15 is 0 Å². The lowest BCUT2D eigenvalue weighted by atomic mass is 10.2. The standard InChI is InChI=1S/C25H25N7O3/c1-17-14-22(30-35-17)24-28-27-23-20-4-2-3-5-21(20)25(29-32(23)24)34-16-19-7-6-18(15-26-19)8-9-31-10-12-33-13-11-31/h2-7,14-15H,8-13,16H2,1H3. The van der Waals surface area contributed by atoms with E-state index in [1.165, 1.54) is 5.56 Å². The Morgan fingerprint density at radius 1 is 1.03 bits per heavy atom. The summed E-state index contributed by atoms with van der Waals surface area (Å²) >= 11 is 0. The summed E-state index contributed by atoms with van der Waals surface area (Å²) in [5.74, 6) is 1.66. The summed E-state index contributed by atoms with van der Waals surface area (Å²) in [6.07, 6.45) is 2.90. The van der Waals surface area contributed by atoms with Crippen molar-refractivity contribution in [1.82, 2.24) is 34.9 Å². The topological polar surface area (TPSA) is 104 Å². The molecule has 0 bridgehead atoms. The Morgan fingerprint density at radius 2 is 1.89 bits per heavy atom. The number of aromatic nitrogens is 6. The Hall–Kier alpha value is -3.89. The van der Waals surface area contributed by atoms with Crippen molar-refractivity contribution in [2.75, 3.05) is 32.8 Å². The fourth-order valence-corrected chi connectivity index (χ4v) is 4.23. The first-order chi connectivity index (χ1) is 17.2. The normalized spacial score (nSPS) is 14.7. The van der Waals surface area contributed by atoms with Crippen molar-refractivity contribution < 1.29 is 14.0 Å². The number of hydrogen-bond donors (Lipinski definition) is 0. The van der Waals surface area contributed by atoms with Gasteiger partial charge in [0, 0.05) is 42.7 Å². The van der Waals surface area contributed by atoms with Crippen LogP contribution in [-0.4, -0.2) is 67.7 Å². The van der Waals surface area contributed by atoms with Crippen molar-refractivity contribution >= 4 is 16.4 Å². The van der Waals surface area contributed by atoms with Gasteiger partial charge in [0.15, 0.2) is 11.3 Å². The molecule has 4 aromatic heterocycles. The molecule has 0 aliphatic carbocycles. The van der Waals surface area contributed by atoms with Crippen molar-refractivity contribution in [2.45, 2.75) is 20.0 Å². The van der Waals surface area contributed by atoms with Gasteiger partial charge in [-0.15, -0.1) is 15.3 Å². The predicted octanol–water partition coefficient (Wildman–Crippen LogP) is 3.09. The average Bonchev–Trinajstić information content (AvgIpc) is 3.53. The number of benzene rings is 1. The molecule has 1 fully saturated rings. The van der Waals surface area contributed by atoms with Crippen LogP contribution in [0.15, 0.2) is 53.2 Å². The maximum atomic E-state index is 6.16. The summed E-state index contributed by atoms with van der Waals surface area (Å²) in [6, 6.07) is 13.8. The van der Waals surface area contributed by atoms with Gasteiger partial charge in [0.1, 0.15) is 12.4 Å². The van der Waals surface area contributed by atoms with Crippen LogP contribution in [0.25, 0.3) is 27.9 Å². The Labute approximate surface area is 201 Å². The number of pyridine rings is 1. The first kappa shape index (κ1) is 21.6. The fraction of sp³-hybridized carbons (Fsp3) is 0.320. The maximum absolute atomic E-state index is 6.16. The number of hydrogen-bond acceptors (Lipinski definition) is 9. The molecule has 1 aliphatic heterocycles. The summed E-state index contributed by atoms with van der Waals surface area (Å²) in [5.41, 5.74) is 3.24. The van der Waals surface area contributed by atoms with Gasteiger partial charge in [0.05, 0.1) is 18.9 Å². The van der Waals surface area contributed by atoms with Crippen molar-refractivity contribution in [3.63, 3.8) is 0 Å². The van der Waals surface area contributed by atoms with Crippen LogP contribution in [0.4, 0.5) is 0 Å². The number of nitrogens with zero attached hydrogens (tertiary/aromatic N) is 7. The fourth-order valence-electron chi connectivity index (χ4n) is 4.23. The van der Waals surface area contributed by atoms with E-state index in [4.69, 9.17) is 19.1 Å². The number of morpholine rings is 1. The lowest BCUT2D eigenvalue weighted by Gasteiger charge is -2.26. The van der Waals surface area contributed by atoms with Gasteiger partial charge >= 0.3 is 0 Å². The Bertz CT molecular complexity index is 1460. The second kappa shape index (κ2) is 9.40. The van der Waals surface area contributed by atoms with Crippen LogP contribution in [0.5, 0.6) is 5.88 Å². The molecule has 5 heterocycles. The molecule has 178 valence electrons. The van der Waals surface area contributed by atoms with Crippen LogP contribution in [0, 0.1) is 6.92 Å². The second-order valence-electron chi connectivity index (χ2n) is 8.58. The van der Waals surface area contributed by atoms with Gasteiger partial charge in [-0.2, -0.15) is 4.52 Å². The average molecular weight is 472 g/mol. The van der Waals surface area contributed by atoms with E-state index in [0.29, 0.717) is 35.4 Å². The summed E-state index contributed by atoms with van der Waals surface area (Å²) < 4.78 is 18.4. The first-order valence-electron chi connectivity index (χ1n) is 11.7. The molecule has 0 atom stereocenters. The molecule has 10 nitrogen and oxygen atoms in total. The van der Waals surface area contributed by atoms with E-state index < -0.39 is 0 Å². The molecule has 1 aliphatic rings. The Balaban J connectivity index is 1.22. The van der Waals surface area contributed by atoms with E-state index in [9.17, 15) is 0 Å². The van der Waals surface area contributed by atoms with E-state index in [1.807, 2.05) is 43.5 Å². The van der Waals surface area contributed by atoms with E-state index in [-0.39, 0.29) is 0 Å². The molecule has 0 spiro atoms. The van der Waals surface area contributed by atoms with Crippen LogP contribution in [0.1, 0.15) is 17.0 Å². The zero-order valence-corrected chi connectivity index (χ0v) is 19.4. The third-order valence-electron chi connectivity index (χ3n) is 6.15. The number of ether oxygens (including phenoxy) is 2. The number of fused-ring (bicyclic) bond motifs is 3. The van der Waals surface area contributed by atoms with Crippen molar-refractivity contribution in [3.8, 4) is 17.4 Å². The Morgan fingerprint density at radius 3 is 2.66 bits per heavy atom. The van der Waals surface area contributed by atoms with Crippen molar-refractivity contribution in [1.29, 1.82) is 0 Å². The third-order valence-corrected chi connectivity index (χ3v) is 6.15. The lowest BCUT2D eigenvalue weighted by molar-refractivity contribution is 0.0384. The minimum absolute atomic E-state index is 0.298. The largest absolute Gasteiger partial charge is 0.470 e. The monoisotopic (exact) mass is 471 g/mol. The highest BCUT2D eigenvalue weighted by atomic mass is 16.5. The van der Waals surface area contributed by atoms with Crippen LogP contribution < -0.4 is 4.74 Å². The first-order valence-corrected chi connectivity index (χ1v) is 11.7. The zero-order valence-electron chi connectivity index (χ0n) is 19.4. The van der Waals surface area contributed by atoms with Crippen LogP contribution >= 0.6 is 0 Å². The zero-order chi connectivity index (χ0) is 23.6. The highest BCUT2D eigenvalue weighted by Gasteiger charge is 2.18. The van der Waals surface area contributed by atoms with Crippen LogP contribution in [0.3, 0.4) is 0 Å². The molecule has 6 rings (SSSR count). The highest BCUT2D eigenvalue weighted by molar-refractivity contribution is 5.96. The predicted molar refractivity (Wildman–Crippen MR) is 128 cm³/mol. The van der Waals surface area contributed by atoms with Gasteiger partial charge in [0.25, 0.3) is 0 Å². The van der Waals surface area contributed by atoms with Crippen LogP contribution in [0.2, 0.25) is 0 Å². The smallest absolute Gasteiger partial charge is 0.240 e. The summed E-state index contributed by atoms with van der Waals surface area (Å²) in [7, 11) is 0. The summed E-state index contributed by atoms with van der Waals surface area (Å²) in [4.78, 5) is 7.03. The van der Waals surface area contributed by atoms with Gasteiger partial charge in [-0.05, 0) is 31.0 Å². The minimum Gasteiger partial charge on any atom is -0.470 e. The van der Waals surface area contributed by atoms with E-state index in [1.54, 1.807) is 10.6 Å². The van der Waals surface area contributed by atoms with Crippen LogP contribution in [-0.2, 0) is 17.8 Å². The van der Waals surface area contributed by atoms with Gasteiger partial charge < -0.3 is 14.0 Å². The quantitative estimate of drug-likeness (QED) is 0.354. The SMILES string of the molecule is Cc1cc(-c2nnc3c4ccccc4c(OCc4ccc(CCN5CCOCC5)cn4)nn23)no1. The van der Waals surface area contributed by atoms with Gasteiger partial charge in [-0.3, -0.25) is 9.88 Å². The number of rotatable bonds is 7. The molecule has 0 unspecified atom stereocenters. The summed E-state index contributed by atoms with van der Waals surface area (Å²) in [5, 5.41) is 19.2. The molecular formula is C25H25N7O3. The van der Waals surface area contributed by atoms with E-state index in [0.717, 1.165) is 55.7 Å². The molecule has 10 heteroatoms. The molecule has 1 saturated heterocycles. The molecule has 0 N–H and O–H groups in total. The molecule has 0 amide bonds. The van der Waals surface area contributed by atoms with Crippen molar-refractivity contribution in [3.05, 3.63) is 65.7 Å². The third kappa shape index (κ3) is 4.45. The van der Waals surface area contributed by atoms with Gasteiger partial charge in [0.2, 0.25) is 11.7 Å². The second-order valence-corrected chi connectivity index (χ2v) is 8.58. The Kier molecular flexibility index (Phi) is 5.81. The van der Waals surface area contributed by atoms with Gasteiger partial charge in [-0.25, -0.2) is 0 Å².